The van der Waals surface area contributed by atoms with Gasteiger partial charge in [0.2, 0.25) is 30.9 Å². The molecule has 5 saturated heterocycles. The van der Waals surface area contributed by atoms with Gasteiger partial charge in [-0.05, 0) is 90.4 Å². The van der Waals surface area contributed by atoms with Crippen LogP contribution in [0.4, 0.5) is 0 Å². The van der Waals surface area contributed by atoms with E-state index in [-0.39, 0.29) is 28.2 Å². The number of aromatic hydroxyl groups is 8. The normalized spacial score (nSPS) is 32.4. The van der Waals surface area contributed by atoms with Crippen LogP contribution in [0.3, 0.4) is 0 Å². The van der Waals surface area contributed by atoms with E-state index in [1.165, 1.54) is 49.4 Å². The maximum absolute atomic E-state index is 14.0. The number of hydrogen-bond acceptors (Lipinski definition) is 40. The van der Waals surface area contributed by atoms with Crippen molar-refractivity contribution in [3.63, 3.8) is 0 Å². The number of benzene rings is 5. The first-order valence-corrected chi connectivity index (χ1v) is 35.5. The van der Waals surface area contributed by atoms with E-state index in [1.54, 1.807) is 0 Å². The second-order valence-electron chi connectivity index (χ2n) is 27.3. The van der Waals surface area contributed by atoms with Gasteiger partial charge in [0.1, 0.15) is 153 Å². The molecule has 5 aromatic carbocycles. The Morgan fingerprint density at radius 3 is 1.35 bits per heavy atom. The Hall–Kier alpha value is -10.8. The summed E-state index contributed by atoms with van der Waals surface area (Å²) in [6.07, 6.45) is -47.5. The van der Waals surface area contributed by atoms with Gasteiger partial charge >= 0.3 is 29.8 Å². The van der Waals surface area contributed by atoms with Crippen molar-refractivity contribution >= 4 is 54.2 Å². The number of aliphatic carboxylic acids is 1. The van der Waals surface area contributed by atoms with Crippen molar-refractivity contribution in [3.8, 4) is 63.2 Å². The molecule has 6 heterocycles. The Morgan fingerprint density at radius 2 is 0.863 bits per heavy atom. The summed E-state index contributed by atoms with van der Waals surface area (Å²) in [5.74, 6) is -13.9. The number of esters is 4. The van der Waals surface area contributed by atoms with Crippen molar-refractivity contribution in [1.82, 2.24) is 0 Å². The van der Waals surface area contributed by atoms with Crippen molar-refractivity contribution in [1.29, 1.82) is 0 Å². The summed E-state index contributed by atoms with van der Waals surface area (Å²) in [6, 6.07) is 16.1. The molecule has 0 bridgehead atoms. The molecule has 634 valence electrons. The molecule has 117 heavy (non-hydrogen) atoms. The average Bonchev–Trinajstić information content (AvgIpc) is 0.743. The summed E-state index contributed by atoms with van der Waals surface area (Å²) in [6.45, 7) is -2.50. The third kappa shape index (κ3) is 20.6. The first-order chi connectivity index (χ1) is 55.5. The first-order valence-electron chi connectivity index (χ1n) is 35.5. The molecule has 5 fully saturated rings. The summed E-state index contributed by atoms with van der Waals surface area (Å²) in [5, 5.41) is 239. The molecule has 0 radical (unpaired) electrons. The van der Waals surface area contributed by atoms with Gasteiger partial charge in [-0.2, -0.15) is 0 Å². The SMILES string of the molecule is CC1OC(OC2=Cc3c(OC4OC(COC(=O)CC(=O)O)C(O)C(O)C4O)cc(O)cc3[OH+]C2c2cc(OC3OC(COC(=O)C=Cc4ccc(O)c(O)c4)C(O)C(O)C3O)c(O)c(OC3OC(COC(=O)C=Cc4ccc(O)c(O)c4)C(O)C(O)C3O)c2)C(O)C(OC(=O)C=Cc2ccc(O)cc2)C1OC1OC(CO)C(O)C(O)C1O. The minimum Gasteiger partial charge on any atom is -0.571 e. The third-order valence-electron chi connectivity index (χ3n) is 19.0. The van der Waals surface area contributed by atoms with Crippen LogP contribution < -0.4 is 14.2 Å². The molecule has 11 rings (SSSR count). The maximum Gasteiger partial charge on any atom is 0.331 e. The molecule has 23 N–H and O–H groups in total. The zero-order chi connectivity index (χ0) is 84.7. The lowest BCUT2D eigenvalue weighted by molar-refractivity contribution is -0.353. The molecule has 42 heteroatoms. The number of carboxylic acid groups (broad SMARTS) is 1. The van der Waals surface area contributed by atoms with E-state index in [1.807, 2.05) is 0 Å². The Bertz CT molecular complexity index is 4340. The van der Waals surface area contributed by atoms with Crippen LogP contribution in [0.2, 0.25) is 0 Å². The lowest BCUT2D eigenvalue weighted by atomic mass is 9.96. The van der Waals surface area contributed by atoms with Crippen molar-refractivity contribution in [2.24, 2.45) is 0 Å². The quantitative estimate of drug-likeness (QED) is 0.00595. The number of aliphatic hydroxyl groups is 15. The number of carboxylic acids is 1. The molecule has 26 unspecified atom stereocenters. The van der Waals surface area contributed by atoms with E-state index in [0.717, 1.165) is 85.0 Å². The molecule has 26 atom stereocenters. The lowest BCUT2D eigenvalue weighted by Crippen LogP contribution is -2.64. The fraction of sp³-hybridized carbons (Fsp3) is 0.427. The van der Waals surface area contributed by atoms with E-state index < -0.39 is 285 Å². The smallest absolute Gasteiger partial charge is 0.331 e. The van der Waals surface area contributed by atoms with Crippen LogP contribution in [0.15, 0.2) is 109 Å². The predicted molar refractivity (Wildman–Crippen MR) is 380 cm³/mol. The highest BCUT2D eigenvalue weighted by atomic mass is 16.8. The topological polar surface area (TPSA) is 672 Å². The Balaban J connectivity index is 0.995. The molecule has 42 nitrogen and oxygen atoms in total. The fourth-order valence-electron chi connectivity index (χ4n) is 12.7. The van der Waals surface area contributed by atoms with Gasteiger partial charge in [-0.3, -0.25) is 9.59 Å². The predicted octanol–water partition coefficient (Wildman–Crippen LogP) is -4.01. The number of aliphatic hydroxyl groups excluding tert-OH is 14. The van der Waals surface area contributed by atoms with Crippen LogP contribution in [0.5, 0.6) is 63.2 Å². The van der Waals surface area contributed by atoms with E-state index in [4.69, 9.17) is 76.2 Å². The molecular formula is C75H83O42+. The van der Waals surface area contributed by atoms with Crippen LogP contribution in [-0.4, -0.2) is 327 Å². The molecule has 0 aliphatic carbocycles. The van der Waals surface area contributed by atoms with E-state index in [9.17, 15) is 131 Å². The van der Waals surface area contributed by atoms with Gasteiger partial charge in [-0.25, -0.2) is 14.4 Å². The van der Waals surface area contributed by atoms with Crippen LogP contribution in [0.1, 0.15) is 47.3 Å². The van der Waals surface area contributed by atoms with Crippen LogP contribution in [0, 0.1) is 0 Å². The van der Waals surface area contributed by atoms with Gasteiger partial charge in [-0.1, -0.05) is 24.3 Å². The number of carbonyl (C=O) groups excluding carboxylic acids is 4. The Kier molecular flexibility index (Phi) is 28.0. The highest BCUT2D eigenvalue weighted by molar-refractivity contribution is 5.90. The van der Waals surface area contributed by atoms with Gasteiger partial charge in [0.05, 0.1) is 24.3 Å². The molecule has 0 spiro atoms. The molecule has 6 aliphatic rings. The van der Waals surface area contributed by atoms with Crippen molar-refractivity contribution in [2.75, 3.05) is 26.4 Å². The molecule has 0 amide bonds. The number of phenols is 7. The van der Waals surface area contributed by atoms with Gasteiger partial charge in [0.15, 0.2) is 58.8 Å². The summed E-state index contributed by atoms with van der Waals surface area (Å²) in [4.78, 5) is 63.7. The first kappa shape index (κ1) is 87.1. The van der Waals surface area contributed by atoms with Crippen LogP contribution in [0.25, 0.3) is 24.3 Å². The second-order valence-corrected chi connectivity index (χ2v) is 27.3. The molecular weight excluding hydrogens is 1570 g/mol. The number of phenolic OH excluding ortho intramolecular Hbond substituents is 7. The van der Waals surface area contributed by atoms with Gasteiger partial charge in [0.25, 0.3) is 11.9 Å². The number of carbonyl (C=O) groups is 5. The maximum atomic E-state index is 14.0. The minimum atomic E-state index is -2.36. The molecule has 0 aromatic heterocycles. The second kappa shape index (κ2) is 37.6. The Labute approximate surface area is 658 Å². The zero-order valence-corrected chi connectivity index (χ0v) is 60.7. The van der Waals surface area contributed by atoms with E-state index >= 15 is 0 Å². The third-order valence-corrected chi connectivity index (χ3v) is 19.0. The zero-order valence-electron chi connectivity index (χ0n) is 60.7. The standard InChI is InChI=1S/C75H82O42/c1-28-68(117-74-66(101)59(94)55(90)45(24-76)112-74)70(116-52(87)15-6-29-2-9-33(77)10-3-29)67(102)75(106-28)111-44-22-35-40(20-34(78)21-41(35)108-71-63(98)60(95)58(93)48(113-71)27-105-53(88)23-49(83)84)107-69(44)32-18-42(109-72-64(99)61(96)56(91)46(114-72)25-103-50(85)13-7-30-4-11-36(79)38(81)16-30)54(89)43(19-32)110-73-65(100)62(97)57(92)47(115-73)26-104-51(86)14-8-31-5-12-37(80)39(82)17-31/h2-22,28,45-48,55-82,89-102H,23-27H2,1H3,(H,83,84)/p+1. The highest BCUT2D eigenvalue weighted by Crippen LogP contribution is 2.51. The largest absolute Gasteiger partial charge is 0.571 e. The van der Waals surface area contributed by atoms with Crippen molar-refractivity contribution in [3.05, 3.63) is 137 Å². The van der Waals surface area contributed by atoms with E-state index in [2.05, 4.69) is 0 Å². The number of hydrogen-bond donors (Lipinski definition) is 22. The van der Waals surface area contributed by atoms with Gasteiger partial charge < -0.3 is 183 Å². The van der Waals surface area contributed by atoms with Crippen LogP contribution >= 0.6 is 0 Å². The van der Waals surface area contributed by atoms with Gasteiger partial charge in [0, 0.05) is 30.4 Å². The van der Waals surface area contributed by atoms with Crippen molar-refractivity contribution in [2.45, 2.75) is 173 Å². The minimum absolute atomic E-state index is 0.142. The summed E-state index contributed by atoms with van der Waals surface area (Å²) in [7, 11) is 0. The summed E-state index contributed by atoms with van der Waals surface area (Å²) in [5.41, 5.74) is -0.0241. The van der Waals surface area contributed by atoms with E-state index in [0.29, 0.717) is 5.56 Å². The lowest BCUT2D eigenvalue weighted by Gasteiger charge is -2.46. The monoisotopic (exact) mass is 1660 g/mol. The fourth-order valence-corrected chi connectivity index (χ4v) is 12.7. The molecule has 5 aromatic rings. The highest BCUT2D eigenvalue weighted by Gasteiger charge is 2.55. The average molecular weight is 1660 g/mol. The number of rotatable bonds is 27. The van der Waals surface area contributed by atoms with Crippen LogP contribution in [-0.2, 0) is 76.1 Å². The summed E-state index contributed by atoms with van der Waals surface area (Å²) >= 11 is 0. The summed E-state index contributed by atoms with van der Waals surface area (Å²) < 4.78 is 86.5. The molecule has 6 aliphatic heterocycles. The molecule has 0 saturated carbocycles. The number of fused-ring (bicyclic) bond motifs is 1. The Morgan fingerprint density at radius 1 is 0.427 bits per heavy atom. The van der Waals surface area contributed by atoms with Gasteiger partial charge in [-0.15, -0.1) is 0 Å². The van der Waals surface area contributed by atoms with Crippen molar-refractivity contribution < 1.29 is 207 Å². The number of ether oxygens (including phenoxy) is 15.